The Kier molecular flexibility index (Phi) is 3.06. The molecular weight excluding hydrogens is 176 g/mol. The molecule has 1 amide bonds. The predicted molar refractivity (Wildman–Crippen MR) is 56.0 cm³/mol. The summed E-state index contributed by atoms with van der Waals surface area (Å²) in [6.07, 6.45) is 4.86. The van der Waals surface area contributed by atoms with E-state index in [9.17, 15) is 4.79 Å². The number of piperidine rings is 1. The first-order valence-electron chi connectivity index (χ1n) is 5.73. The highest BCUT2D eigenvalue weighted by molar-refractivity contribution is 5.78. The van der Waals surface area contributed by atoms with Crippen LogP contribution in [0.15, 0.2) is 0 Å². The second kappa shape index (κ2) is 4.30. The van der Waals surface area contributed by atoms with E-state index in [1.165, 1.54) is 12.8 Å². The molecule has 14 heavy (non-hydrogen) atoms. The molecule has 2 aliphatic rings. The van der Waals surface area contributed by atoms with Crippen molar-refractivity contribution in [1.82, 2.24) is 10.2 Å². The van der Waals surface area contributed by atoms with Gasteiger partial charge in [-0.1, -0.05) is 0 Å². The monoisotopic (exact) mass is 196 g/mol. The molecule has 1 heterocycles. The summed E-state index contributed by atoms with van der Waals surface area (Å²) >= 11 is 0. The third-order valence-electron chi connectivity index (χ3n) is 3.25. The van der Waals surface area contributed by atoms with Gasteiger partial charge in [-0.25, -0.2) is 0 Å². The standard InChI is InChI=1S/C11H20N2O/c1-13(8-9-4-5-9)11(14)10-3-2-6-12-7-10/h9-10,12H,2-8H2,1H3/t10-/m0/s1. The van der Waals surface area contributed by atoms with Gasteiger partial charge in [-0.05, 0) is 38.1 Å². The second-order valence-corrected chi connectivity index (χ2v) is 4.71. The van der Waals surface area contributed by atoms with Crippen LogP contribution in [0.4, 0.5) is 0 Å². The average molecular weight is 196 g/mol. The molecule has 3 nitrogen and oxygen atoms in total. The Morgan fingerprint density at radius 2 is 2.21 bits per heavy atom. The maximum absolute atomic E-state index is 11.9. The van der Waals surface area contributed by atoms with E-state index in [0.717, 1.165) is 38.4 Å². The summed E-state index contributed by atoms with van der Waals surface area (Å²) in [6.45, 7) is 2.94. The Bertz CT molecular complexity index is 207. The normalized spacial score (nSPS) is 27.4. The number of carbonyl (C=O) groups excluding carboxylic acids is 1. The van der Waals surface area contributed by atoms with Gasteiger partial charge in [-0.3, -0.25) is 4.79 Å². The first-order chi connectivity index (χ1) is 6.77. The lowest BCUT2D eigenvalue weighted by Crippen LogP contribution is -2.42. The van der Waals surface area contributed by atoms with Gasteiger partial charge in [-0.15, -0.1) is 0 Å². The molecule has 1 saturated heterocycles. The zero-order valence-corrected chi connectivity index (χ0v) is 8.96. The van der Waals surface area contributed by atoms with E-state index in [1.807, 2.05) is 11.9 Å². The van der Waals surface area contributed by atoms with Crippen molar-refractivity contribution >= 4 is 5.91 Å². The maximum atomic E-state index is 11.9. The lowest BCUT2D eigenvalue weighted by atomic mass is 9.98. The van der Waals surface area contributed by atoms with Crippen LogP contribution in [0.2, 0.25) is 0 Å². The Hall–Kier alpha value is -0.570. The summed E-state index contributed by atoms with van der Waals surface area (Å²) in [7, 11) is 1.95. The van der Waals surface area contributed by atoms with Crippen molar-refractivity contribution in [1.29, 1.82) is 0 Å². The fraction of sp³-hybridized carbons (Fsp3) is 0.909. The highest BCUT2D eigenvalue weighted by Crippen LogP contribution is 2.29. The van der Waals surface area contributed by atoms with Gasteiger partial charge < -0.3 is 10.2 Å². The van der Waals surface area contributed by atoms with Gasteiger partial charge in [0.2, 0.25) is 5.91 Å². The second-order valence-electron chi connectivity index (χ2n) is 4.71. The predicted octanol–water partition coefficient (Wildman–Crippen LogP) is 0.854. The van der Waals surface area contributed by atoms with Gasteiger partial charge in [0, 0.05) is 20.1 Å². The quantitative estimate of drug-likeness (QED) is 0.726. The maximum Gasteiger partial charge on any atom is 0.226 e. The fourth-order valence-electron chi connectivity index (χ4n) is 2.15. The Labute approximate surface area is 85.8 Å². The van der Waals surface area contributed by atoms with E-state index in [0.29, 0.717) is 5.91 Å². The van der Waals surface area contributed by atoms with Crippen LogP contribution in [0.1, 0.15) is 25.7 Å². The van der Waals surface area contributed by atoms with Crippen LogP contribution in [0.25, 0.3) is 0 Å². The molecule has 1 aliphatic carbocycles. The fourth-order valence-corrected chi connectivity index (χ4v) is 2.15. The molecular formula is C11H20N2O. The largest absolute Gasteiger partial charge is 0.345 e. The van der Waals surface area contributed by atoms with Gasteiger partial charge in [-0.2, -0.15) is 0 Å². The van der Waals surface area contributed by atoms with Crippen LogP contribution in [0, 0.1) is 11.8 Å². The number of amides is 1. The minimum Gasteiger partial charge on any atom is -0.345 e. The van der Waals surface area contributed by atoms with E-state index in [4.69, 9.17) is 0 Å². The molecule has 0 radical (unpaired) electrons. The highest BCUT2D eigenvalue weighted by atomic mass is 16.2. The molecule has 0 aromatic carbocycles. The van der Waals surface area contributed by atoms with Crippen LogP contribution in [-0.2, 0) is 4.79 Å². The minimum absolute atomic E-state index is 0.243. The van der Waals surface area contributed by atoms with Crippen LogP contribution in [0.5, 0.6) is 0 Å². The molecule has 0 aromatic heterocycles. The van der Waals surface area contributed by atoms with Crippen molar-refractivity contribution in [2.24, 2.45) is 11.8 Å². The number of rotatable bonds is 3. The van der Waals surface area contributed by atoms with Crippen LogP contribution in [-0.4, -0.2) is 37.5 Å². The third kappa shape index (κ3) is 2.47. The summed E-state index contributed by atoms with van der Waals surface area (Å²) < 4.78 is 0. The van der Waals surface area contributed by atoms with Crippen LogP contribution < -0.4 is 5.32 Å². The van der Waals surface area contributed by atoms with E-state index >= 15 is 0 Å². The van der Waals surface area contributed by atoms with Gasteiger partial charge in [0.25, 0.3) is 0 Å². The average Bonchev–Trinajstić information content (AvgIpc) is 3.02. The molecule has 80 valence electrons. The molecule has 0 bridgehead atoms. The van der Waals surface area contributed by atoms with Crippen molar-refractivity contribution in [2.45, 2.75) is 25.7 Å². The molecule has 0 aromatic rings. The number of nitrogens with zero attached hydrogens (tertiary/aromatic N) is 1. The SMILES string of the molecule is CN(CC1CC1)C(=O)[C@H]1CCCNC1. The van der Waals surface area contributed by atoms with E-state index in [-0.39, 0.29) is 5.92 Å². The number of hydrogen-bond donors (Lipinski definition) is 1. The molecule has 1 N–H and O–H groups in total. The molecule has 1 saturated carbocycles. The molecule has 0 unspecified atom stereocenters. The van der Waals surface area contributed by atoms with Crippen molar-refractivity contribution in [3.63, 3.8) is 0 Å². The molecule has 1 atom stereocenters. The first-order valence-corrected chi connectivity index (χ1v) is 5.73. The summed E-state index contributed by atoms with van der Waals surface area (Å²) in [5, 5.41) is 3.29. The van der Waals surface area contributed by atoms with Gasteiger partial charge in [0.15, 0.2) is 0 Å². The highest BCUT2D eigenvalue weighted by Gasteiger charge is 2.28. The number of hydrogen-bond acceptors (Lipinski definition) is 2. The van der Waals surface area contributed by atoms with Gasteiger partial charge >= 0.3 is 0 Å². The summed E-state index contributed by atoms with van der Waals surface area (Å²) in [5.74, 6) is 1.40. The molecule has 2 fully saturated rings. The minimum atomic E-state index is 0.243. The van der Waals surface area contributed by atoms with Crippen LogP contribution in [0.3, 0.4) is 0 Å². The summed E-state index contributed by atoms with van der Waals surface area (Å²) in [4.78, 5) is 13.9. The zero-order chi connectivity index (χ0) is 9.97. The Morgan fingerprint density at radius 1 is 1.43 bits per heavy atom. The van der Waals surface area contributed by atoms with Crippen molar-refractivity contribution < 1.29 is 4.79 Å². The Morgan fingerprint density at radius 3 is 2.79 bits per heavy atom. The molecule has 2 rings (SSSR count). The van der Waals surface area contributed by atoms with E-state index in [2.05, 4.69) is 5.32 Å². The van der Waals surface area contributed by atoms with Crippen LogP contribution >= 0.6 is 0 Å². The lowest BCUT2D eigenvalue weighted by molar-refractivity contribution is -0.134. The topological polar surface area (TPSA) is 32.3 Å². The number of nitrogens with one attached hydrogen (secondary N) is 1. The van der Waals surface area contributed by atoms with Gasteiger partial charge in [0.1, 0.15) is 0 Å². The van der Waals surface area contributed by atoms with E-state index < -0.39 is 0 Å². The van der Waals surface area contributed by atoms with Crippen molar-refractivity contribution in [3.05, 3.63) is 0 Å². The Balaban J connectivity index is 1.79. The zero-order valence-electron chi connectivity index (χ0n) is 8.96. The summed E-state index contributed by atoms with van der Waals surface area (Å²) in [5.41, 5.74) is 0. The molecule has 0 spiro atoms. The lowest BCUT2D eigenvalue weighted by Gasteiger charge is -2.27. The van der Waals surface area contributed by atoms with E-state index in [1.54, 1.807) is 0 Å². The first kappa shape index (κ1) is 9.97. The molecule has 3 heteroatoms. The third-order valence-corrected chi connectivity index (χ3v) is 3.25. The number of carbonyl (C=O) groups is 1. The van der Waals surface area contributed by atoms with Crippen molar-refractivity contribution in [3.8, 4) is 0 Å². The smallest absolute Gasteiger partial charge is 0.226 e. The summed E-state index contributed by atoms with van der Waals surface area (Å²) in [6, 6.07) is 0. The van der Waals surface area contributed by atoms with Gasteiger partial charge in [0.05, 0.1) is 5.92 Å². The molecule has 1 aliphatic heterocycles. The van der Waals surface area contributed by atoms with Crippen molar-refractivity contribution in [2.75, 3.05) is 26.7 Å².